The van der Waals surface area contributed by atoms with Gasteiger partial charge in [0.05, 0.1) is 19.2 Å². The van der Waals surface area contributed by atoms with Crippen molar-refractivity contribution in [1.29, 1.82) is 0 Å². The predicted molar refractivity (Wildman–Crippen MR) is 84.3 cm³/mol. The molecule has 0 aliphatic carbocycles. The summed E-state index contributed by atoms with van der Waals surface area (Å²) in [6.07, 6.45) is 1.59. The number of anilines is 1. The molecule has 0 saturated carbocycles. The summed E-state index contributed by atoms with van der Waals surface area (Å²) in [5, 5.41) is 3.33. The van der Waals surface area contributed by atoms with Crippen molar-refractivity contribution in [2.45, 2.75) is 6.42 Å². The van der Waals surface area contributed by atoms with E-state index in [1.807, 2.05) is 12.1 Å². The molecule has 0 aliphatic rings. The molecule has 3 aromatic rings. The number of nitrogens with one attached hydrogen (secondary N) is 1. The summed E-state index contributed by atoms with van der Waals surface area (Å²) < 4.78 is 10.4. The first-order chi connectivity index (χ1) is 10.7. The highest BCUT2D eigenvalue weighted by atomic mass is 35.5. The highest BCUT2D eigenvalue weighted by Gasteiger charge is 2.10. The molecule has 0 atom stereocenters. The third-order valence-corrected chi connectivity index (χ3v) is 3.43. The lowest BCUT2D eigenvalue weighted by atomic mass is 10.1. The zero-order valence-electron chi connectivity index (χ0n) is 11.8. The number of carbonyl (C=O) groups excluding carboxylic acids is 1. The molecule has 112 valence electrons. The minimum atomic E-state index is -0.167. The smallest absolute Gasteiger partial charge is 0.228 e. The third-order valence-electron chi connectivity index (χ3n) is 3.20. The van der Waals surface area contributed by atoms with Crippen LogP contribution in [0.2, 0.25) is 5.02 Å². The molecule has 1 amide bonds. The topological polar surface area (TPSA) is 64.4 Å². The fourth-order valence-corrected chi connectivity index (χ4v) is 2.34. The fraction of sp³-hybridized carbons (Fsp3) is 0.125. The Morgan fingerprint density at radius 3 is 3.00 bits per heavy atom. The van der Waals surface area contributed by atoms with Crippen LogP contribution in [0, 0.1) is 0 Å². The molecule has 1 N–H and O–H groups in total. The van der Waals surface area contributed by atoms with Crippen molar-refractivity contribution in [2.24, 2.45) is 0 Å². The SMILES string of the molecule is COc1ccc(Cl)cc1NC(=O)Cc1ccc2ncoc2c1. The third kappa shape index (κ3) is 3.04. The maximum atomic E-state index is 12.2. The first-order valence-electron chi connectivity index (χ1n) is 6.61. The molecule has 0 saturated heterocycles. The minimum Gasteiger partial charge on any atom is -0.495 e. The average molecular weight is 317 g/mol. The van der Waals surface area contributed by atoms with Gasteiger partial charge in [0, 0.05) is 5.02 Å². The molecule has 0 aliphatic heterocycles. The van der Waals surface area contributed by atoms with Gasteiger partial charge in [-0.25, -0.2) is 4.98 Å². The molecule has 5 nitrogen and oxygen atoms in total. The second-order valence-electron chi connectivity index (χ2n) is 4.72. The van der Waals surface area contributed by atoms with Crippen LogP contribution in [0.25, 0.3) is 11.1 Å². The number of hydrogen-bond donors (Lipinski definition) is 1. The van der Waals surface area contributed by atoms with Crippen LogP contribution < -0.4 is 10.1 Å². The quantitative estimate of drug-likeness (QED) is 0.797. The van der Waals surface area contributed by atoms with E-state index in [1.54, 1.807) is 24.3 Å². The summed E-state index contributed by atoms with van der Waals surface area (Å²) in [6.45, 7) is 0. The van der Waals surface area contributed by atoms with Gasteiger partial charge in [-0.3, -0.25) is 4.79 Å². The van der Waals surface area contributed by atoms with Crippen LogP contribution in [0.15, 0.2) is 47.2 Å². The number of oxazole rings is 1. The zero-order valence-corrected chi connectivity index (χ0v) is 12.6. The minimum absolute atomic E-state index is 0.167. The van der Waals surface area contributed by atoms with Crippen LogP contribution in [-0.4, -0.2) is 18.0 Å². The summed E-state index contributed by atoms with van der Waals surface area (Å²) in [4.78, 5) is 16.2. The lowest BCUT2D eigenvalue weighted by molar-refractivity contribution is -0.115. The van der Waals surface area contributed by atoms with Crippen LogP contribution in [0.3, 0.4) is 0 Å². The normalized spacial score (nSPS) is 10.6. The lowest BCUT2D eigenvalue weighted by Crippen LogP contribution is -2.15. The molecule has 0 radical (unpaired) electrons. The van der Waals surface area contributed by atoms with E-state index in [0.717, 1.165) is 11.1 Å². The van der Waals surface area contributed by atoms with Gasteiger partial charge in [-0.05, 0) is 35.9 Å². The predicted octanol–water partition coefficient (Wildman–Crippen LogP) is 3.67. The number of fused-ring (bicyclic) bond motifs is 1. The number of hydrogen-bond acceptors (Lipinski definition) is 4. The second kappa shape index (κ2) is 6.07. The highest BCUT2D eigenvalue weighted by molar-refractivity contribution is 6.31. The summed E-state index contributed by atoms with van der Waals surface area (Å²) in [7, 11) is 1.54. The van der Waals surface area contributed by atoms with Crippen LogP contribution in [0.1, 0.15) is 5.56 Å². The Morgan fingerprint density at radius 2 is 2.18 bits per heavy atom. The van der Waals surface area contributed by atoms with E-state index >= 15 is 0 Å². The van der Waals surface area contributed by atoms with Crippen LogP contribution in [-0.2, 0) is 11.2 Å². The van der Waals surface area contributed by atoms with E-state index < -0.39 is 0 Å². The Balaban J connectivity index is 1.76. The number of nitrogens with zero attached hydrogens (tertiary/aromatic N) is 1. The summed E-state index contributed by atoms with van der Waals surface area (Å²) in [5.41, 5.74) is 2.80. The molecule has 0 bridgehead atoms. The zero-order chi connectivity index (χ0) is 15.5. The van der Waals surface area contributed by atoms with Gasteiger partial charge in [0.2, 0.25) is 5.91 Å². The molecule has 1 aromatic heterocycles. The van der Waals surface area contributed by atoms with Crippen LogP contribution >= 0.6 is 11.6 Å². The van der Waals surface area contributed by atoms with Crippen molar-refractivity contribution in [3.8, 4) is 5.75 Å². The van der Waals surface area contributed by atoms with Gasteiger partial charge in [0.25, 0.3) is 0 Å². The number of aromatic nitrogens is 1. The van der Waals surface area contributed by atoms with Gasteiger partial charge in [-0.1, -0.05) is 17.7 Å². The molecular formula is C16H13ClN2O3. The number of rotatable bonds is 4. The maximum absolute atomic E-state index is 12.2. The average Bonchev–Trinajstić information content (AvgIpc) is 2.95. The number of amides is 1. The maximum Gasteiger partial charge on any atom is 0.228 e. The number of methoxy groups -OCH3 is 1. The Morgan fingerprint density at radius 1 is 1.32 bits per heavy atom. The van der Waals surface area contributed by atoms with Crippen molar-refractivity contribution in [3.63, 3.8) is 0 Å². The Hall–Kier alpha value is -2.53. The van der Waals surface area contributed by atoms with Gasteiger partial charge in [-0.2, -0.15) is 0 Å². The van der Waals surface area contributed by atoms with E-state index in [-0.39, 0.29) is 12.3 Å². The summed E-state index contributed by atoms with van der Waals surface area (Å²) >= 11 is 5.94. The fourth-order valence-electron chi connectivity index (χ4n) is 2.17. The van der Waals surface area contributed by atoms with Crippen molar-refractivity contribution in [1.82, 2.24) is 4.98 Å². The standard InChI is InChI=1S/C16H13ClN2O3/c1-21-14-5-3-11(17)8-13(14)19-16(20)7-10-2-4-12-15(6-10)22-9-18-12/h2-6,8-9H,7H2,1H3,(H,19,20). The van der Waals surface area contributed by atoms with Crippen LogP contribution in [0.4, 0.5) is 5.69 Å². The van der Waals surface area contributed by atoms with Gasteiger partial charge < -0.3 is 14.5 Å². The molecule has 1 heterocycles. The van der Waals surface area contributed by atoms with Gasteiger partial charge >= 0.3 is 0 Å². The molecule has 6 heteroatoms. The van der Waals surface area contributed by atoms with Gasteiger partial charge in [-0.15, -0.1) is 0 Å². The summed E-state index contributed by atoms with van der Waals surface area (Å²) in [6, 6.07) is 10.5. The van der Waals surface area contributed by atoms with Crippen molar-refractivity contribution < 1.29 is 13.9 Å². The van der Waals surface area contributed by atoms with E-state index in [4.69, 9.17) is 20.8 Å². The van der Waals surface area contributed by atoms with Gasteiger partial charge in [0.15, 0.2) is 12.0 Å². The van der Waals surface area contributed by atoms with E-state index in [1.165, 1.54) is 13.5 Å². The first-order valence-corrected chi connectivity index (χ1v) is 6.99. The number of benzene rings is 2. The Labute approximate surface area is 131 Å². The first kappa shape index (κ1) is 14.4. The molecule has 0 unspecified atom stereocenters. The van der Waals surface area contributed by atoms with Crippen LogP contribution in [0.5, 0.6) is 5.75 Å². The second-order valence-corrected chi connectivity index (χ2v) is 5.16. The van der Waals surface area contributed by atoms with Crippen molar-refractivity contribution in [2.75, 3.05) is 12.4 Å². The molecule has 0 spiro atoms. The largest absolute Gasteiger partial charge is 0.495 e. The van der Waals surface area contributed by atoms with Crippen molar-refractivity contribution in [3.05, 3.63) is 53.4 Å². The highest BCUT2D eigenvalue weighted by Crippen LogP contribution is 2.27. The van der Waals surface area contributed by atoms with E-state index in [9.17, 15) is 4.79 Å². The molecule has 2 aromatic carbocycles. The molecule has 0 fully saturated rings. The lowest BCUT2D eigenvalue weighted by Gasteiger charge is -2.10. The monoisotopic (exact) mass is 316 g/mol. The Kier molecular flexibility index (Phi) is 3.98. The Bertz CT molecular complexity index is 829. The molecular weight excluding hydrogens is 304 g/mol. The van der Waals surface area contributed by atoms with Crippen molar-refractivity contribution >= 4 is 34.3 Å². The van der Waals surface area contributed by atoms with E-state index in [2.05, 4.69) is 10.3 Å². The number of ether oxygens (including phenoxy) is 1. The molecule has 3 rings (SSSR count). The van der Waals surface area contributed by atoms with E-state index in [0.29, 0.717) is 22.0 Å². The molecule has 22 heavy (non-hydrogen) atoms. The summed E-state index contributed by atoms with van der Waals surface area (Å²) in [5.74, 6) is 0.392. The number of carbonyl (C=O) groups is 1. The number of halogens is 1. The van der Waals surface area contributed by atoms with Gasteiger partial charge in [0.1, 0.15) is 11.3 Å².